The lowest BCUT2D eigenvalue weighted by molar-refractivity contribution is 0.0122. The number of hydrogen-bond donors (Lipinski definition) is 1. The molecule has 1 fully saturated rings. The van der Waals surface area contributed by atoms with Crippen molar-refractivity contribution in [1.29, 1.82) is 0 Å². The molecule has 8 nitrogen and oxygen atoms in total. The summed E-state index contributed by atoms with van der Waals surface area (Å²) in [5, 5.41) is 9.16. The first-order chi connectivity index (χ1) is 12.2. The summed E-state index contributed by atoms with van der Waals surface area (Å²) in [4.78, 5) is 29.1. The second-order valence-electron chi connectivity index (χ2n) is 7.02. The van der Waals surface area contributed by atoms with Gasteiger partial charge in [-0.1, -0.05) is 0 Å². The van der Waals surface area contributed by atoms with Gasteiger partial charge < -0.3 is 24.2 Å². The highest BCUT2D eigenvalue weighted by Gasteiger charge is 2.28. The van der Waals surface area contributed by atoms with Gasteiger partial charge in [-0.3, -0.25) is 0 Å². The van der Waals surface area contributed by atoms with Crippen molar-refractivity contribution >= 4 is 12.1 Å². The lowest BCUT2D eigenvalue weighted by atomic mass is 10.1. The van der Waals surface area contributed by atoms with E-state index in [2.05, 4.69) is 4.98 Å². The van der Waals surface area contributed by atoms with Crippen LogP contribution in [0.25, 0.3) is 0 Å². The van der Waals surface area contributed by atoms with Crippen LogP contribution in [0.15, 0.2) is 12.1 Å². The van der Waals surface area contributed by atoms with Gasteiger partial charge in [0.2, 0.25) is 11.8 Å². The number of hydrogen-bond acceptors (Lipinski definition) is 6. The number of aromatic nitrogens is 1. The molecule has 2 rings (SSSR count). The van der Waals surface area contributed by atoms with E-state index in [0.717, 1.165) is 0 Å². The zero-order valence-electron chi connectivity index (χ0n) is 15.7. The fraction of sp³-hybridized carbons (Fsp3) is 0.611. The van der Waals surface area contributed by atoms with Gasteiger partial charge in [-0.15, -0.1) is 0 Å². The van der Waals surface area contributed by atoms with Crippen LogP contribution in [0, 0.1) is 0 Å². The average Bonchev–Trinajstić information content (AvgIpc) is 2.54. The van der Waals surface area contributed by atoms with E-state index in [1.165, 1.54) is 12.1 Å². The van der Waals surface area contributed by atoms with Crippen LogP contribution in [-0.2, 0) is 4.74 Å². The number of carbonyl (C=O) groups is 2. The predicted molar refractivity (Wildman–Crippen MR) is 93.8 cm³/mol. The number of carboxylic acids is 1. The molecule has 1 aliphatic heterocycles. The van der Waals surface area contributed by atoms with Gasteiger partial charge in [0.1, 0.15) is 17.3 Å². The molecule has 0 bridgehead atoms. The van der Waals surface area contributed by atoms with E-state index in [1.807, 2.05) is 20.8 Å². The molecule has 0 saturated carbocycles. The number of carboxylic acid groups (broad SMARTS) is 1. The summed E-state index contributed by atoms with van der Waals surface area (Å²) in [6, 6.07) is 2.94. The van der Waals surface area contributed by atoms with Gasteiger partial charge in [0.15, 0.2) is 0 Å². The molecular weight excluding hydrogens is 340 g/mol. The Morgan fingerprint density at radius 3 is 2.46 bits per heavy atom. The van der Waals surface area contributed by atoms with Gasteiger partial charge in [0.05, 0.1) is 6.61 Å². The third-order valence-corrected chi connectivity index (χ3v) is 3.73. The Hall–Kier alpha value is -2.51. The summed E-state index contributed by atoms with van der Waals surface area (Å²) in [6.07, 6.45) is 0.863. The van der Waals surface area contributed by atoms with Crippen LogP contribution in [-0.4, -0.2) is 58.5 Å². The maximum Gasteiger partial charge on any atom is 0.410 e. The quantitative estimate of drug-likeness (QED) is 0.855. The van der Waals surface area contributed by atoms with Crippen molar-refractivity contribution in [2.75, 3.05) is 19.7 Å². The van der Waals surface area contributed by atoms with Crippen molar-refractivity contribution in [2.24, 2.45) is 0 Å². The zero-order chi connectivity index (χ0) is 19.3. The minimum atomic E-state index is -1.10. The molecule has 1 aromatic rings. The van der Waals surface area contributed by atoms with Crippen molar-refractivity contribution in [2.45, 2.75) is 52.2 Å². The van der Waals surface area contributed by atoms with Crippen LogP contribution < -0.4 is 9.47 Å². The Morgan fingerprint density at radius 2 is 1.92 bits per heavy atom. The molecule has 1 aliphatic rings. The van der Waals surface area contributed by atoms with Gasteiger partial charge in [-0.2, -0.15) is 4.98 Å². The number of amides is 1. The maximum absolute atomic E-state index is 12.1. The molecule has 1 aromatic heterocycles. The maximum atomic E-state index is 12.1. The first-order valence-electron chi connectivity index (χ1n) is 8.71. The molecule has 0 aromatic carbocycles. The van der Waals surface area contributed by atoms with Crippen LogP contribution in [0.2, 0.25) is 0 Å². The first-order valence-corrected chi connectivity index (χ1v) is 8.71. The van der Waals surface area contributed by atoms with E-state index in [1.54, 1.807) is 11.8 Å². The van der Waals surface area contributed by atoms with E-state index >= 15 is 0 Å². The van der Waals surface area contributed by atoms with Crippen LogP contribution in [0.5, 0.6) is 11.8 Å². The van der Waals surface area contributed by atoms with Crippen LogP contribution in [0.1, 0.15) is 50.9 Å². The van der Waals surface area contributed by atoms with Gasteiger partial charge in [-0.05, 0) is 33.8 Å². The average molecular weight is 366 g/mol. The van der Waals surface area contributed by atoms with Crippen molar-refractivity contribution in [3.05, 3.63) is 17.7 Å². The van der Waals surface area contributed by atoms with Crippen molar-refractivity contribution in [3.63, 3.8) is 0 Å². The number of likely N-dealkylation sites (tertiary alicyclic amines) is 1. The number of aromatic carboxylic acids is 1. The molecule has 0 radical (unpaired) electrons. The third kappa shape index (κ3) is 5.50. The summed E-state index contributed by atoms with van der Waals surface area (Å²) in [5.74, 6) is -0.740. The number of piperidine rings is 1. The summed E-state index contributed by atoms with van der Waals surface area (Å²) in [7, 11) is 0. The Labute approximate surface area is 153 Å². The standard InChI is InChI=1S/C18H26N2O6/c1-5-24-15-13(16(21)22)6-7-14(19-15)25-12-8-10-20(11-9-12)17(23)26-18(2,3)4/h6-7,12H,5,8-11H2,1-4H3,(H,21,22). The molecule has 1 N–H and O–H groups in total. The molecular formula is C18H26N2O6. The molecule has 2 heterocycles. The highest BCUT2D eigenvalue weighted by Crippen LogP contribution is 2.24. The minimum Gasteiger partial charge on any atom is -0.477 e. The Morgan fingerprint density at radius 1 is 1.27 bits per heavy atom. The lowest BCUT2D eigenvalue weighted by Gasteiger charge is -2.33. The second kappa shape index (κ2) is 8.25. The predicted octanol–water partition coefficient (Wildman–Crippen LogP) is 2.96. The summed E-state index contributed by atoms with van der Waals surface area (Å²) < 4.78 is 16.5. The van der Waals surface area contributed by atoms with E-state index in [0.29, 0.717) is 38.4 Å². The van der Waals surface area contributed by atoms with Gasteiger partial charge in [0.25, 0.3) is 0 Å². The molecule has 0 spiro atoms. The van der Waals surface area contributed by atoms with Gasteiger partial charge >= 0.3 is 12.1 Å². The second-order valence-corrected chi connectivity index (χ2v) is 7.02. The largest absolute Gasteiger partial charge is 0.477 e. The molecule has 8 heteroatoms. The van der Waals surface area contributed by atoms with Crippen LogP contribution in [0.4, 0.5) is 4.79 Å². The van der Waals surface area contributed by atoms with E-state index in [4.69, 9.17) is 19.3 Å². The van der Waals surface area contributed by atoms with Crippen molar-refractivity contribution < 1.29 is 28.9 Å². The van der Waals surface area contributed by atoms with Gasteiger partial charge in [-0.25, -0.2) is 9.59 Å². The fourth-order valence-electron chi connectivity index (χ4n) is 2.55. The van der Waals surface area contributed by atoms with E-state index < -0.39 is 11.6 Å². The summed E-state index contributed by atoms with van der Waals surface area (Å²) >= 11 is 0. The lowest BCUT2D eigenvalue weighted by Crippen LogP contribution is -2.44. The Balaban J connectivity index is 1.94. The van der Waals surface area contributed by atoms with Crippen molar-refractivity contribution in [3.8, 4) is 11.8 Å². The normalized spacial score (nSPS) is 15.5. The number of carbonyl (C=O) groups excluding carboxylic acids is 1. The summed E-state index contributed by atoms with van der Waals surface area (Å²) in [6.45, 7) is 8.64. The smallest absolute Gasteiger partial charge is 0.410 e. The Bertz CT molecular complexity index is 648. The monoisotopic (exact) mass is 366 g/mol. The number of rotatable bonds is 5. The molecule has 0 aliphatic carbocycles. The molecule has 1 saturated heterocycles. The highest BCUT2D eigenvalue weighted by molar-refractivity contribution is 5.90. The molecule has 0 atom stereocenters. The number of ether oxygens (including phenoxy) is 3. The van der Waals surface area contributed by atoms with E-state index in [-0.39, 0.29) is 23.6 Å². The van der Waals surface area contributed by atoms with Crippen LogP contribution >= 0.6 is 0 Å². The fourth-order valence-corrected chi connectivity index (χ4v) is 2.55. The number of nitrogens with zero attached hydrogens (tertiary/aromatic N) is 2. The Kier molecular flexibility index (Phi) is 6.28. The van der Waals surface area contributed by atoms with Gasteiger partial charge in [0, 0.05) is 32.0 Å². The molecule has 0 unspecified atom stereocenters. The minimum absolute atomic E-state index is 0.000977. The third-order valence-electron chi connectivity index (χ3n) is 3.73. The van der Waals surface area contributed by atoms with E-state index in [9.17, 15) is 9.59 Å². The van der Waals surface area contributed by atoms with Crippen LogP contribution in [0.3, 0.4) is 0 Å². The molecule has 26 heavy (non-hydrogen) atoms. The molecule has 144 valence electrons. The topological polar surface area (TPSA) is 98.2 Å². The number of pyridine rings is 1. The first kappa shape index (κ1) is 19.8. The zero-order valence-corrected chi connectivity index (χ0v) is 15.7. The van der Waals surface area contributed by atoms with Crippen molar-refractivity contribution in [1.82, 2.24) is 9.88 Å². The SMILES string of the molecule is CCOc1nc(OC2CCN(C(=O)OC(C)(C)C)CC2)ccc1C(=O)O. The highest BCUT2D eigenvalue weighted by atomic mass is 16.6. The molecule has 1 amide bonds. The summed E-state index contributed by atoms with van der Waals surface area (Å²) in [5.41, 5.74) is -0.519.